The largest absolute Gasteiger partial charge is 0.386 e. The van der Waals surface area contributed by atoms with Crippen LogP contribution in [0.3, 0.4) is 0 Å². The summed E-state index contributed by atoms with van der Waals surface area (Å²) in [6.45, 7) is 9.88. The minimum absolute atomic E-state index is 0.0549. The summed E-state index contributed by atoms with van der Waals surface area (Å²) in [5.74, 6) is 0.134. The number of carbonyl (C=O) groups is 1. The number of aliphatic hydroxyl groups is 1. The molecule has 1 rings (SSSR count). The molecule has 1 amide bonds. The third-order valence-electron chi connectivity index (χ3n) is 2.98. The zero-order chi connectivity index (χ0) is 12.4. The second-order valence-corrected chi connectivity index (χ2v) is 5.75. The van der Waals surface area contributed by atoms with Crippen LogP contribution in [0.2, 0.25) is 0 Å². The van der Waals surface area contributed by atoms with Crippen LogP contribution in [0, 0.1) is 0 Å². The number of nitrogens with zero attached hydrogens (tertiary/aromatic N) is 1. The number of hydrogen-bond acceptors (Lipinski definition) is 3. The monoisotopic (exact) mass is 228 g/mol. The van der Waals surface area contributed by atoms with Crippen molar-refractivity contribution >= 4 is 5.91 Å². The summed E-state index contributed by atoms with van der Waals surface area (Å²) in [7, 11) is 0. The van der Waals surface area contributed by atoms with Crippen LogP contribution in [-0.4, -0.2) is 46.7 Å². The Morgan fingerprint density at radius 1 is 1.44 bits per heavy atom. The van der Waals surface area contributed by atoms with Gasteiger partial charge >= 0.3 is 0 Å². The summed E-state index contributed by atoms with van der Waals surface area (Å²) in [5.41, 5.74) is -0.563. The molecule has 1 aliphatic heterocycles. The van der Waals surface area contributed by atoms with Crippen LogP contribution >= 0.6 is 0 Å². The molecule has 0 aromatic rings. The van der Waals surface area contributed by atoms with E-state index in [1.54, 1.807) is 4.90 Å². The number of β-amino-alcohol motifs (C(OH)–C–C–N with tert-alkyl or cyclic N) is 1. The molecule has 0 atom stereocenters. The first-order chi connectivity index (χ1) is 7.26. The van der Waals surface area contributed by atoms with Crippen LogP contribution in [0.15, 0.2) is 0 Å². The highest BCUT2D eigenvalue weighted by Gasteiger charge is 2.41. The van der Waals surface area contributed by atoms with Crippen LogP contribution in [0.5, 0.6) is 0 Å². The number of amides is 1. The SMILES string of the molecule is CCC1(O)CN(C(=O)CCNC(C)(C)C)C1. The van der Waals surface area contributed by atoms with Gasteiger partial charge in [-0.2, -0.15) is 0 Å². The average Bonchev–Trinajstić information content (AvgIpc) is 2.10. The average molecular weight is 228 g/mol. The van der Waals surface area contributed by atoms with E-state index >= 15 is 0 Å². The molecule has 0 spiro atoms. The van der Waals surface area contributed by atoms with Gasteiger partial charge in [0, 0.05) is 18.5 Å². The summed E-state index contributed by atoms with van der Waals surface area (Å²) in [4.78, 5) is 13.4. The van der Waals surface area contributed by atoms with Gasteiger partial charge in [0.25, 0.3) is 0 Å². The molecule has 0 saturated carbocycles. The van der Waals surface area contributed by atoms with Gasteiger partial charge < -0.3 is 15.3 Å². The molecule has 1 aliphatic rings. The van der Waals surface area contributed by atoms with Crippen molar-refractivity contribution in [3.8, 4) is 0 Å². The van der Waals surface area contributed by atoms with E-state index in [0.29, 0.717) is 26.1 Å². The highest BCUT2D eigenvalue weighted by molar-refractivity contribution is 5.77. The molecule has 1 heterocycles. The second-order valence-electron chi connectivity index (χ2n) is 5.75. The molecule has 1 saturated heterocycles. The van der Waals surface area contributed by atoms with Crippen molar-refractivity contribution in [2.24, 2.45) is 0 Å². The van der Waals surface area contributed by atoms with Crippen LogP contribution < -0.4 is 5.32 Å². The normalized spacial score (nSPS) is 19.4. The first-order valence-corrected chi connectivity index (χ1v) is 6.01. The molecule has 4 nitrogen and oxygen atoms in total. The molecule has 0 aliphatic carbocycles. The van der Waals surface area contributed by atoms with Crippen LogP contribution in [-0.2, 0) is 4.79 Å². The quantitative estimate of drug-likeness (QED) is 0.746. The molecular formula is C12H24N2O2. The Hall–Kier alpha value is -0.610. The van der Waals surface area contributed by atoms with Crippen LogP contribution in [0.4, 0.5) is 0 Å². The zero-order valence-electron chi connectivity index (χ0n) is 10.8. The first kappa shape index (κ1) is 13.5. The lowest BCUT2D eigenvalue weighted by Gasteiger charge is -2.46. The maximum atomic E-state index is 11.7. The molecule has 1 fully saturated rings. The van der Waals surface area contributed by atoms with Gasteiger partial charge in [0.2, 0.25) is 5.91 Å². The highest BCUT2D eigenvalue weighted by atomic mass is 16.3. The van der Waals surface area contributed by atoms with Gasteiger partial charge in [0.1, 0.15) is 0 Å². The minimum atomic E-state index is -0.618. The van der Waals surface area contributed by atoms with E-state index in [0.717, 1.165) is 6.42 Å². The number of hydrogen-bond donors (Lipinski definition) is 2. The van der Waals surface area contributed by atoms with Crippen molar-refractivity contribution in [3.05, 3.63) is 0 Å². The molecule has 0 aromatic heterocycles. The van der Waals surface area contributed by atoms with Gasteiger partial charge in [0.05, 0.1) is 18.7 Å². The van der Waals surface area contributed by atoms with Crippen molar-refractivity contribution in [3.63, 3.8) is 0 Å². The smallest absolute Gasteiger partial charge is 0.224 e. The van der Waals surface area contributed by atoms with Crippen LogP contribution in [0.25, 0.3) is 0 Å². The number of rotatable bonds is 4. The predicted octanol–water partition coefficient (Wildman–Crippen LogP) is 0.748. The zero-order valence-corrected chi connectivity index (χ0v) is 10.8. The third-order valence-corrected chi connectivity index (χ3v) is 2.98. The summed E-state index contributed by atoms with van der Waals surface area (Å²) < 4.78 is 0. The Morgan fingerprint density at radius 2 is 2.00 bits per heavy atom. The third kappa shape index (κ3) is 3.76. The van der Waals surface area contributed by atoms with Gasteiger partial charge in [-0.1, -0.05) is 6.92 Å². The molecule has 0 unspecified atom stereocenters. The maximum Gasteiger partial charge on any atom is 0.224 e. The molecule has 0 radical (unpaired) electrons. The minimum Gasteiger partial charge on any atom is -0.386 e. The lowest BCUT2D eigenvalue weighted by atomic mass is 9.91. The van der Waals surface area contributed by atoms with E-state index in [-0.39, 0.29) is 11.4 Å². The predicted molar refractivity (Wildman–Crippen MR) is 64.2 cm³/mol. The van der Waals surface area contributed by atoms with E-state index in [9.17, 15) is 9.90 Å². The van der Waals surface area contributed by atoms with E-state index in [4.69, 9.17) is 0 Å². The lowest BCUT2D eigenvalue weighted by molar-refractivity contribution is -0.155. The Balaban J connectivity index is 2.19. The lowest BCUT2D eigenvalue weighted by Crippen LogP contribution is -2.63. The Kier molecular flexibility index (Phi) is 3.97. The highest BCUT2D eigenvalue weighted by Crippen LogP contribution is 2.24. The van der Waals surface area contributed by atoms with Gasteiger partial charge in [0.15, 0.2) is 0 Å². The standard InChI is InChI=1S/C12H24N2O2/c1-5-12(16)8-14(9-12)10(15)6-7-13-11(2,3)4/h13,16H,5-9H2,1-4H3. The number of nitrogens with one attached hydrogen (secondary N) is 1. The molecule has 94 valence electrons. The molecule has 16 heavy (non-hydrogen) atoms. The van der Waals surface area contributed by atoms with Crippen molar-refractivity contribution in [1.29, 1.82) is 0 Å². The Bertz CT molecular complexity index is 252. The molecule has 0 aromatic carbocycles. The molecule has 0 bridgehead atoms. The van der Waals surface area contributed by atoms with Crippen molar-refractivity contribution in [1.82, 2.24) is 10.2 Å². The van der Waals surface area contributed by atoms with Gasteiger partial charge in [-0.15, -0.1) is 0 Å². The Morgan fingerprint density at radius 3 is 2.44 bits per heavy atom. The first-order valence-electron chi connectivity index (χ1n) is 6.01. The Labute approximate surface area is 98.0 Å². The number of carbonyl (C=O) groups excluding carboxylic acids is 1. The summed E-state index contributed by atoms with van der Waals surface area (Å²) >= 11 is 0. The van der Waals surface area contributed by atoms with Gasteiger partial charge in [-0.25, -0.2) is 0 Å². The van der Waals surface area contributed by atoms with E-state index < -0.39 is 5.60 Å². The van der Waals surface area contributed by atoms with E-state index in [1.165, 1.54) is 0 Å². The fraction of sp³-hybridized carbons (Fsp3) is 0.917. The summed E-state index contributed by atoms with van der Waals surface area (Å²) in [6, 6.07) is 0. The van der Waals surface area contributed by atoms with Gasteiger partial charge in [-0.3, -0.25) is 4.79 Å². The van der Waals surface area contributed by atoms with Gasteiger partial charge in [-0.05, 0) is 27.2 Å². The molecular weight excluding hydrogens is 204 g/mol. The number of likely N-dealkylation sites (tertiary alicyclic amines) is 1. The molecule has 4 heteroatoms. The van der Waals surface area contributed by atoms with E-state index in [1.807, 2.05) is 6.92 Å². The van der Waals surface area contributed by atoms with Crippen molar-refractivity contribution in [2.45, 2.75) is 51.7 Å². The molecule has 2 N–H and O–H groups in total. The maximum absolute atomic E-state index is 11.7. The van der Waals surface area contributed by atoms with Crippen molar-refractivity contribution in [2.75, 3.05) is 19.6 Å². The summed E-state index contributed by atoms with van der Waals surface area (Å²) in [5, 5.41) is 13.1. The second kappa shape index (κ2) is 4.72. The van der Waals surface area contributed by atoms with E-state index in [2.05, 4.69) is 26.1 Å². The fourth-order valence-electron chi connectivity index (χ4n) is 1.77. The topological polar surface area (TPSA) is 52.6 Å². The fourth-order valence-corrected chi connectivity index (χ4v) is 1.77. The van der Waals surface area contributed by atoms with Crippen LogP contribution in [0.1, 0.15) is 40.5 Å². The van der Waals surface area contributed by atoms with Crippen molar-refractivity contribution < 1.29 is 9.90 Å². The summed E-state index contributed by atoms with van der Waals surface area (Å²) in [6.07, 6.45) is 1.23.